The monoisotopic (exact) mass is 273 g/mol. The van der Waals surface area contributed by atoms with Crippen molar-refractivity contribution in [3.05, 3.63) is 29.7 Å². The van der Waals surface area contributed by atoms with E-state index in [1.165, 1.54) is 5.56 Å². The van der Waals surface area contributed by atoms with Gasteiger partial charge in [0.1, 0.15) is 5.52 Å². The van der Waals surface area contributed by atoms with Gasteiger partial charge in [-0.15, -0.1) is 0 Å². The molecule has 0 atom stereocenters. The number of fused-ring (bicyclic) bond motifs is 1. The van der Waals surface area contributed by atoms with Gasteiger partial charge in [-0.1, -0.05) is 6.07 Å². The van der Waals surface area contributed by atoms with E-state index in [2.05, 4.69) is 28.9 Å². The fourth-order valence-corrected chi connectivity index (χ4v) is 2.94. The molecule has 1 aromatic carbocycles. The summed E-state index contributed by atoms with van der Waals surface area (Å²) in [4.78, 5) is 7.16. The molecule has 0 saturated carbocycles. The number of aromatic nitrogens is 1. The van der Waals surface area contributed by atoms with Gasteiger partial charge in [-0.2, -0.15) is 0 Å². The van der Waals surface area contributed by atoms with Crippen LogP contribution in [0.15, 0.2) is 22.6 Å². The molecule has 20 heavy (non-hydrogen) atoms. The summed E-state index contributed by atoms with van der Waals surface area (Å²) < 4.78 is 5.96. The number of likely N-dealkylation sites (tertiary alicyclic amines) is 1. The fourth-order valence-electron chi connectivity index (χ4n) is 2.94. The number of nitrogens with two attached hydrogens (primary N) is 1. The molecule has 0 unspecified atom stereocenters. The lowest BCUT2D eigenvalue weighted by molar-refractivity contribution is 0.200. The van der Waals surface area contributed by atoms with Crippen LogP contribution >= 0.6 is 0 Å². The van der Waals surface area contributed by atoms with E-state index >= 15 is 0 Å². The van der Waals surface area contributed by atoms with E-state index in [1.54, 1.807) is 0 Å². The first-order chi connectivity index (χ1) is 9.76. The minimum atomic E-state index is 0.469. The molecule has 0 aliphatic carbocycles. The lowest BCUT2D eigenvalue weighted by Crippen LogP contribution is -2.34. The molecule has 4 nitrogen and oxygen atoms in total. The number of aryl methyl sites for hydroxylation is 1. The van der Waals surface area contributed by atoms with E-state index in [4.69, 9.17) is 10.2 Å². The SMILES string of the molecule is Cc1ccc2nc(C3CCN(CCCN)CC3)oc2c1. The number of nitrogens with zero attached hydrogens (tertiary/aromatic N) is 2. The highest BCUT2D eigenvalue weighted by Gasteiger charge is 2.24. The summed E-state index contributed by atoms with van der Waals surface area (Å²) in [6.07, 6.45) is 3.36. The quantitative estimate of drug-likeness (QED) is 0.930. The van der Waals surface area contributed by atoms with Crippen molar-refractivity contribution >= 4 is 11.1 Å². The number of hydrogen-bond acceptors (Lipinski definition) is 4. The number of oxazole rings is 1. The Morgan fingerprint density at radius 2 is 2.15 bits per heavy atom. The van der Waals surface area contributed by atoms with E-state index in [-0.39, 0.29) is 0 Å². The van der Waals surface area contributed by atoms with Gasteiger partial charge >= 0.3 is 0 Å². The molecular formula is C16H23N3O. The molecule has 2 heterocycles. The normalized spacial score (nSPS) is 17.9. The van der Waals surface area contributed by atoms with E-state index in [0.717, 1.165) is 62.4 Å². The lowest BCUT2D eigenvalue weighted by atomic mass is 9.97. The van der Waals surface area contributed by atoms with Gasteiger partial charge in [-0.05, 0) is 70.1 Å². The zero-order chi connectivity index (χ0) is 13.9. The van der Waals surface area contributed by atoms with Crippen LogP contribution in [0.25, 0.3) is 11.1 Å². The summed E-state index contributed by atoms with van der Waals surface area (Å²) in [6.45, 7) is 6.24. The van der Waals surface area contributed by atoms with Crippen LogP contribution in [0.2, 0.25) is 0 Å². The van der Waals surface area contributed by atoms with E-state index in [0.29, 0.717) is 5.92 Å². The molecule has 0 radical (unpaired) electrons. The Morgan fingerprint density at radius 1 is 1.35 bits per heavy atom. The second kappa shape index (κ2) is 5.94. The highest BCUT2D eigenvalue weighted by Crippen LogP contribution is 2.30. The standard InChI is InChI=1S/C16H23N3O/c1-12-3-4-14-15(11-12)20-16(18-14)13-5-9-19(10-6-13)8-2-7-17/h3-4,11,13H,2,5-10,17H2,1H3. The van der Waals surface area contributed by atoms with Crippen LogP contribution in [-0.2, 0) is 0 Å². The van der Waals surface area contributed by atoms with Gasteiger partial charge in [0.2, 0.25) is 0 Å². The summed E-state index contributed by atoms with van der Waals surface area (Å²) in [7, 11) is 0. The predicted octanol–water partition coefficient (Wildman–Crippen LogP) is 2.66. The minimum Gasteiger partial charge on any atom is -0.440 e. The molecule has 4 heteroatoms. The Hall–Kier alpha value is -1.39. The second-order valence-electron chi connectivity index (χ2n) is 5.78. The third-order valence-corrected chi connectivity index (χ3v) is 4.18. The zero-order valence-corrected chi connectivity index (χ0v) is 12.1. The molecule has 3 rings (SSSR count). The van der Waals surface area contributed by atoms with Crippen LogP contribution in [-0.4, -0.2) is 36.1 Å². The summed E-state index contributed by atoms with van der Waals surface area (Å²) in [6, 6.07) is 6.21. The van der Waals surface area contributed by atoms with E-state index in [1.807, 2.05) is 6.07 Å². The molecule has 1 aliphatic rings. The van der Waals surface area contributed by atoms with Crippen molar-refractivity contribution in [3.8, 4) is 0 Å². The van der Waals surface area contributed by atoms with Crippen LogP contribution in [0.4, 0.5) is 0 Å². The molecule has 1 saturated heterocycles. The molecule has 2 aromatic rings. The van der Waals surface area contributed by atoms with Gasteiger partial charge in [0, 0.05) is 5.92 Å². The summed E-state index contributed by atoms with van der Waals surface area (Å²) in [5, 5.41) is 0. The lowest BCUT2D eigenvalue weighted by Gasteiger charge is -2.30. The summed E-state index contributed by atoms with van der Waals surface area (Å²) in [5.41, 5.74) is 8.69. The highest BCUT2D eigenvalue weighted by molar-refractivity contribution is 5.73. The Balaban J connectivity index is 1.67. The van der Waals surface area contributed by atoms with Gasteiger partial charge in [0.05, 0.1) is 0 Å². The van der Waals surface area contributed by atoms with Gasteiger partial charge < -0.3 is 15.1 Å². The maximum Gasteiger partial charge on any atom is 0.198 e. The van der Waals surface area contributed by atoms with Crippen molar-refractivity contribution in [2.75, 3.05) is 26.2 Å². The first kappa shape index (κ1) is 13.6. The molecular weight excluding hydrogens is 250 g/mol. The molecule has 1 aliphatic heterocycles. The molecule has 1 fully saturated rings. The average Bonchev–Trinajstić information content (AvgIpc) is 2.88. The van der Waals surface area contributed by atoms with Gasteiger partial charge in [0.25, 0.3) is 0 Å². The summed E-state index contributed by atoms with van der Waals surface area (Å²) in [5.74, 6) is 1.39. The maximum absolute atomic E-state index is 5.96. The third-order valence-electron chi connectivity index (χ3n) is 4.18. The summed E-state index contributed by atoms with van der Waals surface area (Å²) >= 11 is 0. The van der Waals surface area contributed by atoms with E-state index in [9.17, 15) is 0 Å². The third kappa shape index (κ3) is 2.86. The Bertz CT molecular complexity index is 570. The van der Waals surface area contributed by atoms with Crippen molar-refractivity contribution in [2.45, 2.75) is 32.1 Å². The van der Waals surface area contributed by atoms with Gasteiger partial charge in [-0.3, -0.25) is 0 Å². The molecule has 2 N–H and O–H groups in total. The zero-order valence-electron chi connectivity index (χ0n) is 12.1. The Morgan fingerprint density at radius 3 is 2.90 bits per heavy atom. The number of piperidine rings is 1. The molecule has 0 bridgehead atoms. The predicted molar refractivity (Wildman–Crippen MR) is 80.8 cm³/mol. The van der Waals surface area contributed by atoms with Crippen molar-refractivity contribution in [1.29, 1.82) is 0 Å². The Kier molecular flexibility index (Phi) is 4.03. The fraction of sp³-hybridized carbons (Fsp3) is 0.562. The van der Waals surface area contributed by atoms with E-state index < -0.39 is 0 Å². The second-order valence-corrected chi connectivity index (χ2v) is 5.78. The number of benzene rings is 1. The van der Waals surface area contributed by atoms with Crippen LogP contribution in [0.1, 0.15) is 36.6 Å². The largest absolute Gasteiger partial charge is 0.440 e. The maximum atomic E-state index is 5.96. The molecule has 0 amide bonds. The van der Waals surface area contributed by atoms with Crippen LogP contribution < -0.4 is 5.73 Å². The number of rotatable bonds is 4. The highest BCUT2D eigenvalue weighted by atomic mass is 16.3. The molecule has 108 valence electrons. The first-order valence-corrected chi connectivity index (χ1v) is 7.56. The molecule has 1 aromatic heterocycles. The van der Waals surface area contributed by atoms with Crippen LogP contribution in [0.3, 0.4) is 0 Å². The van der Waals surface area contributed by atoms with Crippen LogP contribution in [0, 0.1) is 6.92 Å². The van der Waals surface area contributed by atoms with Crippen molar-refractivity contribution in [2.24, 2.45) is 5.73 Å². The van der Waals surface area contributed by atoms with Gasteiger partial charge in [-0.25, -0.2) is 4.98 Å². The smallest absolute Gasteiger partial charge is 0.198 e. The van der Waals surface area contributed by atoms with Crippen molar-refractivity contribution < 1.29 is 4.42 Å². The topological polar surface area (TPSA) is 55.3 Å². The number of hydrogen-bond donors (Lipinski definition) is 1. The minimum absolute atomic E-state index is 0.469. The van der Waals surface area contributed by atoms with Gasteiger partial charge in [0.15, 0.2) is 11.5 Å². The Labute approximate surface area is 120 Å². The molecule has 0 spiro atoms. The first-order valence-electron chi connectivity index (χ1n) is 7.56. The average molecular weight is 273 g/mol. The van der Waals surface area contributed by atoms with Crippen molar-refractivity contribution in [3.63, 3.8) is 0 Å². The van der Waals surface area contributed by atoms with Crippen LogP contribution in [0.5, 0.6) is 0 Å². The van der Waals surface area contributed by atoms with Crippen molar-refractivity contribution in [1.82, 2.24) is 9.88 Å².